The predicted molar refractivity (Wildman–Crippen MR) is 59.6 cm³/mol. The van der Waals surface area contributed by atoms with Crippen molar-refractivity contribution in [1.82, 2.24) is 0 Å². The molecular formula is C12H13FO5. The Bertz CT molecular complexity index is 468. The lowest BCUT2D eigenvalue weighted by molar-refractivity contribution is -0.137. The smallest absolute Gasteiger partial charge is 0.303 e. The summed E-state index contributed by atoms with van der Waals surface area (Å²) >= 11 is 0. The largest absolute Gasteiger partial charge is 0.493 e. The molecule has 1 aliphatic rings. The number of methoxy groups -OCH3 is 1. The van der Waals surface area contributed by atoms with E-state index >= 15 is 0 Å². The molecule has 1 aromatic carbocycles. The van der Waals surface area contributed by atoms with Gasteiger partial charge in [0.05, 0.1) is 7.11 Å². The molecule has 98 valence electrons. The van der Waals surface area contributed by atoms with Gasteiger partial charge in [-0.05, 0) is 12.8 Å². The average molecular weight is 256 g/mol. The maximum absolute atomic E-state index is 13.7. The van der Waals surface area contributed by atoms with Crippen molar-refractivity contribution in [2.75, 3.05) is 13.9 Å². The Labute approximate surface area is 103 Å². The van der Waals surface area contributed by atoms with E-state index in [1.54, 1.807) is 0 Å². The maximum atomic E-state index is 13.7. The molecule has 0 spiro atoms. The van der Waals surface area contributed by atoms with Crippen LogP contribution in [0.5, 0.6) is 17.2 Å². The zero-order chi connectivity index (χ0) is 13.1. The fraction of sp³-hybridized carbons (Fsp3) is 0.417. The van der Waals surface area contributed by atoms with Crippen LogP contribution in [0.25, 0.3) is 0 Å². The van der Waals surface area contributed by atoms with Crippen LogP contribution in [0, 0.1) is 5.82 Å². The first-order valence-corrected chi connectivity index (χ1v) is 5.50. The monoisotopic (exact) mass is 256 g/mol. The number of fused-ring (bicyclic) bond motifs is 1. The first-order valence-electron chi connectivity index (χ1n) is 5.50. The Kier molecular flexibility index (Phi) is 3.55. The highest BCUT2D eigenvalue weighted by Gasteiger charge is 2.25. The summed E-state index contributed by atoms with van der Waals surface area (Å²) in [6.45, 7) is 0.0356. The van der Waals surface area contributed by atoms with Gasteiger partial charge in [-0.15, -0.1) is 0 Å². The molecule has 1 aromatic rings. The molecule has 0 saturated carbocycles. The van der Waals surface area contributed by atoms with E-state index in [1.807, 2.05) is 0 Å². The third-order valence-electron chi connectivity index (χ3n) is 2.69. The standard InChI is InChI=1S/C12H13FO5/c1-16-11-7(3-2-4-10(14)15)12-9(5-8(11)13)17-6-18-12/h5H,2-4,6H2,1H3,(H,14,15). The molecule has 1 aliphatic heterocycles. The molecule has 6 heteroatoms. The molecule has 0 bridgehead atoms. The molecule has 0 fully saturated rings. The highest BCUT2D eigenvalue weighted by atomic mass is 19.1. The number of halogens is 1. The van der Waals surface area contributed by atoms with Gasteiger partial charge in [0.2, 0.25) is 6.79 Å². The minimum absolute atomic E-state index is 0.00922. The van der Waals surface area contributed by atoms with Crippen molar-refractivity contribution < 1.29 is 28.5 Å². The van der Waals surface area contributed by atoms with Crippen LogP contribution in [-0.4, -0.2) is 25.0 Å². The van der Waals surface area contributed by atoms with Crippen molar-refractivity contribution in [1.29, 1.82) is 0 Å². The fourth-order valence-electron chi connectivity index (χ4n) is 1.92. The highest BCUT2D eigenvalue weighted by molar-refractivity contribution is 5.66. The van der Waals surface area contributed by atoms with Crippen LogP contribution in [0.4, 0.5) is 4.39 Å². The summed E-state index contributed by atoms with van der Waals surface area (Å²) in [6.07, 6.45) is 0.749. The van der Waals surface area contributed by atoms with E-state index < -0.39 is 11.8 Å². The number of carboxylic acids is 1. The lowest BCUT2D eigenvalue weighted by atomic mass is 10.0. The molecular weight excluding hydrogens is 243 g/mol. The van der Waals surface area contributed by atoms with Crippen molar-refractivity contribution in [2.24, 2.45) is 0 Å². The fourth-order valence-corrected chi connectivity index (χ4v) is 1.92. The zero-order valence-corrected chi connectivity index (χ0v) is 9.86. The van der Waals surface area contributed by atoms with Crippen LogP contribution in [0.3, 0.4) is 0 Å². The average Bonchev–Trinajstić information content (AvgIpc) is 2.76. The molecule has 1 heterocycles. The van der Waals surface area contributed by atoms with Crippen LogP contribution < -0.4 is 14.2 Å². The minimum Gasteiger partial charge on any atom is -0.493 e. The van der Waals surface area contributed by atoms with Gasteiger partial charge >= 0.3 is 5.97 Å². The van der Waals surface area contributed by atoms with Gasteiger partial charge in [-0.2, -0.15) is 0 Å². The van der Waals surface area contributed by atoms with Gasteiger partial charge in [0.1, 0.15) is 0 Å². The van der Waals surface area contributed by atoms with E-state index in [2.05, 4.69) is 0 Å². The third-order valence-corrected chi connectivity index (χ3v) is 2.69. The van der Waals surface area contributed by atoms with Crippen molar-refractivity contribution in [3.8, 4) is 17.2 Å². The second-order valence-electron chi connectivity index (χ2n) is 3.85. The summed E-state index contributed by atoms with van der Waals surface area (Å²) in [7, 11) is 1.36. The maximum Gasteiger partial charge on any atom is 0.303 e. The first-order chi connectivity index (χ1) is 8.63. The van der Waals surface area contributed by atoms with E-state index in [4.69, 9.17) is 19.3 Å². The van der Waals surface area contributed by atoms with Gasteiger partial charge in [-0.3, -0.25) is 4.79 Å². The lowest BCUT2D eigenvalue weighted by Crippen LogP contribution is -2.01. The highest BCUT2D eigenvalue weighted by Crippen LogP contribution is 2.43. The topological polar surface area (TPSA) is 65.0 Å². The van der Waals surface area contributed by atoms with Crippen LogP contribution in [-0.2, 0) is 11.2 Å². The van der Waals surface area contributed by atoms with Crippen molar-refractivity contribution >= 4 is 5.97 Å². The zero-order valence-electron chi connectivity index (χ0n) is 9.86. The Hall–Kier alpha value is -1.98. The second-order valence-corrected chi connectivity index (χ2v) is 3.85. The van der Waals surface area contributed by atoms with Gasteiger partial charge in [0.15, 0.2) is 23.1 Å². The van der Waals surface area contributed by atoms with Crippen LogP contribution in [0.2, 0.25) is 0 Å². The lowest BCUT2D eigenvalue weighted by Gasteiger charge is -2.11. The second kappa shape index (κ2) is 5.12. The molecule has 0 saturated heterocycles. The summed E-state index contributed by atoms with van der Waals surface area (Å²) in [5.41, 5.74) is 0.520. The Morgan fingerprint density at radius 3 is 3.00 bits per heavy atom. The van der Waals surface area contributed by atoms with E-state index in [0.717, 1.165) is 0 Å². The molecule has 0 atom stereocenters. The van der Waals surface area contributed by atoms with Crippen molar-refractivity contribution in [2.45, 2.75) is 19.3 Å². The molecule has 18 heavy (non-hydrogen) atoms. The van der Waals surface area contributed by atoms with E-state index in [-0.39, 0.29) is 19.0 Å². The molecule has 0 aliphatic carbocycles. The molecule has 0 unspecified atom stereocenters. The molecule has 1 N–H and O–H groups in total. The number of benzene rings is 1. The van der Waals surface area contributed by atoms with E-state index in [1.165, 1.54) is 13.2 Å². The van der Waals surface area contributed by atoms with Gasteiger partial charge < -0.3 is 19.3 Å². The van der Waals surface area contributed by atoms with Gasteiger partial charge in [0, 0.05) is 18.1 Å². The molecule has 0 amide bonds. The third kappa shape index (κ3) is 2.32. The molecule has 0 aromatic heterocycles. The summed E-state index contributed by atoms with van der Waals surface area (Å²) in [6, 6.07) is 1.21. The number of ether oxygens (including phenoxy) is 3. The van der Waals surface area contributed by atoms with Gasteiger partial charge in [-0.1, -0.05) is 0 Å². The Morgan fingerprint density at radius 2 is 2.33 bits per heavy atom. The van der Waals surface area contributed by atoms with Crippen molar-refractivity contribution in [3.05, 3.63) is 17.4 Å². The number of hydrogen-bond acceptors (Lipinski definition) is 4. The van der Waals surface area contributed by atoms with Crippen LogP contribution >= 0.6 is 0 Å². The number of carbonyl (C=O) groups is 1. The quantitative estimate of drug-likeness (QED) is 0.872. The van der Waals surface area contributed by atoms with Crippen LogP contribution in [0.15, 0.2) is 6.07 Å². The normalized spacial score (nSPS) is 12.6. The first kappa shape index (κ1) is 12.5. The Morgan fingerprint density at radius 1 is 1.56 bits per heavy atom. The minimum atomic E-state index is -0.890. The number of aliphatic carboxylic acids is 1. The van der Waals surface area contributed by atoms with Gasteiger partial charge in [0.25, 0.3) is 0 Å². The SMILES string of the molecule is COc1c(F)cc2c(c1CCCC(=O)O)OCO2. The number of hydrogen-bond donors (Lipinski definition) is 1. The summed E-state index contributed by atoms with van der Waals surface area (Å²) in [4.78, 5) is 10.5. The Balaban J connectivity index is 2.28. The number of carboxylic acid groups (broad SMARTS) is 1. The summed E-state index contributed by atoms with van der Waals surface area (Å²) in [5, 5.41) is 8.60. The predicted octanol–water partition coefficient (Wildman–Crippen LogP) is 1.97. The summed E-state index contributed by atoms with van der Waals surface area (Å²) in [5.74, 6) is -0.562. The van der Waals surface area contributed by atoms with Gasteiger partial charge in [-0.25, -0.2) is 4.39 Å². The molecule has 2 rings (SSSR count). The number of rotatable bonds is 5. The van der Waals surface area contributed by atoms with E-state index in [9.17, 15) is 9.18 Å². The molecule has 5 nitrogen and oxygen atoms in total. The molecule has 0 radical (unpaired) electrons. The van der Waals surface area contributed by atoms with Crippen molar-refractivity contribution in [3.63, 3.8) is 0 Å². The summed E-state index contributed by atoms with van der Waals surface area (Å²) < 4.78 is 29.1. The van der Waals surface area contributed by atoms with Crippen LogP contribution in [0.1, 0.15) is 18.4 Å². The van der Waals surface area contributed by atoms with E-state index in [0.29, 0.717) is 29.9 Å².